The van der Waals surface area contributed by atoms with E-state index in [9.17, 15) is 4.79 Å². The van der Waals surface area contributed by atoms with E-state index in [1.54, 1.807) is 0 Å². The van der Waals surface area contributed by atoms with Crippen LogP contribution in [0.3, 0.4) is 0 Å². The van der Waals surface area contributed by atoms with Crippen molar-refractivity contribution in [1.82, 2.24) is 4.98 Å². The number of benzene rings is 2. The molecule has 3 aromatic rings. The Balaban J connectivity index is 1.65. The molecule has 1 heterocycles. The summed E-state index contributed by atoms with van der Waals surface area (Å²) in [5.41, 5.74) is 3.56. The van der Waals surface area contributed by atoms with Crippen molar-refractivity contribution in [3.8, 4) is 0 Å². The van der Waals surface area contributed by atoms with Gasteiger partial charge in [-0.05, 0) is 30.0 Å². The number of hydrogen-bond donors (Lipinski definition) is 0. The number of hydrogen-bond acceptors (Lipinski definition) is 5. The molecule has 0 radical (unpaired) electrons. The van der Waals surface area contributed by atoms with Crippen LogP contribution in [0.2, 0.25) is 0 Å². The lowest BCUT2D eigenvalue weighted by molar-refractivity contribution is -0.235. The standard InChI is InChI=1S/C23H21NO4/c1-26-23(27-2)18-13-15(14-8-4-3-5-9-14)16(21(23)25)12-17(18)22-24-19-10-6-7-11-20(19)28-22/h3-12,15-16,18H,13H2,1-2H3/t15-,16+,18+/m1/s1. The molecule has 28 heavy (non-hydrogen) atoms. The Morgan fingerprint density at radius 2 is 1.75 bits per heavy atom. The van der Waals surface area contributed by atoms with Crippen molar-refractivity contribution in [3.05, 3.63) is 72.1 Å². The number of rotatable bonds is 4. The van der Waals surface area contributed by atoms with Crippen molar-refractivity contribution >= 4 is 22.5 Å². The minimum absolute atomic E-state index is 0.0394. The molecule has 0 amide bonds. The molecular weight excluding hydrogens is 354 g/mol. The third-order valence-corrected chi connectivity index (χ3v) is 6.14. The first kappa shape index (κ1) is 17.3. The van der Waals surface area contributed by atoms with Gasteiger partial charge in [0.15, 0.2) is 11.4 Å². The molecule has 0 N–H and O–H groups in total. The third-order valence-electron chi connectivity index (χ3n) is 6.14. The second-order valence-electron chi connectivity index (χ2n) is 7.38. The van der Waals surface area contributed by atoms with Crippen molar-refractivity contribution in [3.63, 3.8) is 0 Å². The van der Waals surface area contributed by atoms with Crippen LogP contribution in [-0.4, -0.2) is 30.8 Å². The third kappa shape index (κ3) is 2.33. The molecule has 142 valence electrons. The maximum Gasteiger partial charge on any atom is 0.236 e. The molecule has 0 saturated heterocycles. The number of ether oxygens (including phenoxy) is 2. The van der Waals surface area contributed by atoms with Gasteiger partial charge in [-0.25, -0.2) is 4.98 Å². The lowest BCUT2D eigenvalue weighted by Crippen LogP contribution is -2.59. The molecule has 0 spiro atoms. The van der Waals surface area contributed by atoms with E-state index in [0.29, 0.717) is 5.89 Å². The highest BCUT2D eigenvalue weighted by Crippen LogP contribution is 2.55. The summed E-state index contributed by atoms with van der Waals surface area (Å²) in [6.07, 6.45) is 2.74. The highest BCUT2D eigenvalue weighted by Gasteiger charge is 2.60. The second-order valence-corrected chi connectivity index (χ2v) is 7.38. The highest BCUT2D eigenvalue weighted by atomic mass is 16.7. The van der Waals surface area contributed by atoms with E-state index in [-0.39, 0.29) is 23.5 Å². The van der Waals surface area contributed by atoms with Crippen molar-refractivity contribution in [2.45, 2.75) is 18.1 Å². The van der Waals surface area contributed by atoms with E-state index in [4.69, 9.17) is 13.9 Å². The SMILES string of the molecule is COC1(OC)C(=O)[C@H]2C=C(c3nc4ccccc4o3)[C@@H]1C[C@@H]2c1ccccc1. The fourth-order valence-corrected chi connectivity index (χ4v) is 4.80. The van der Waals surface area contributed by atoms with Crippen LogP contribution in [0.5, 0.6) is 0 Å². The maximum absolute atomic E-state index is 13.4. The number of carbonyl (C=O) groups excluding carboxylic acids is 1. The van der Waals surface area contributed by atoms with Crippen LogP contribution in [0.4, 0.5) is 0 Å². The van der Waals surface area contributed by atoms with Gasteiger partial charge in [0, 0.05) is 25.7 Å². The molecule has 5 heteroatoms. The van der Waals surface area contributed by atoms with Crippen LogP contribution in [0.1, 0.15) is 23.8 Å². The molecule has 5 nitrogen and oxygen atoms in total. The summed E-state index contributed by atoms with van der Waals surface area (Å²) in [4.78, 5) is 18.0. The smallest absolute Gasteiger partial charge is 0.236 e. The van der Waals surface area contributed by atoms with Crippen molar-refractivity contribution in [1.29, 1.82) is 0 Å². The Hall–Kier alpha value is -2.76. The number of ketones is 1. The van der Waals surface area contributed by atoms with Gasteiger partial charge in [0.05, 0.1) is 5.92 Å². The zero-order valence-corrected chi connectivity index (χ0v) is 15.8. The first-order valence-corrected chi connectivity index (χ1v) is 9.45. The van der Waals surface area contributed by atoms with Crippen LogP contribution in [-0.2, 0) is 14.3 Å². The summed E-state index contributed by atoms with van der Waals surface area (Å²) < 4.78 is 17.4. The zero-order chi connectivity index (χ0) is 19.3. The highest BCUT2D eigenvalue weighted by molar-refractivity contribution is 5.98. The van der Waals surface area contributed by atoms with Crippen LogP contribution in [0, 0.1) is 11.8 Å². The Morgan fingerprint density at radius 3 is 2.46 bits per heavy atom. The number of aromatic nitrogens is 1. The number of carbonyl (C=O) groups is 1. The monoisotopic (exact) mass is 375 g/mol. The van der Waals surface area contributed by atoms with Gasteiger partial charge in [0.25, 0.3) is 0 Å². The lowest BCUT2D eigenvalue weighted by atomic mass is 9.60. The summed E-state index contributed by atoms with van der Waals surface area (Å²) in [6.45, 7) is 0. The Bertz CT molecular complexity index is 1030. The molecule has 2 bridgehead atoms. The summed E-state index contributed by atoms with van der Waals surface area (Å²) in [5, 5.41) is 0. The van der Waals surface area contributed by atoms with Gasteiger partial charge in [0.1, 0.15) is 5.52 Å². The number of Topliss-reactive ketones (excluding diaryl/α,β-unsaturated/α-hetero) is 1. The minimum atomic E-state index is -1.30. The number of oxazole rings is 1. The summed E-state index contributed by atoms with van der Waals surface area (Å²) >= 11 is 0. The molecule has 1 aromatic heterocycles. The van der Waals surface area contributed by atoms with Gasteiger partial charge in [-0.2, -0.15) is 0 Å². The summed E-state index contributed by atoms with van der Waals surface area (Å²) in [7, 11) is 3.06. The van der Waals surface area contributed by atoms with Gasteiger partial charge < -0.3 is 13.9 Å². The van der Waals surface area contributed by atoms with Gasteiger partial charge >= 0.3 is 0 Å². The molecular formula is C23H21NO4. The predicted octanol–water partition coefficient (Wildman–Crippen LogP) is 4.20. The van der Waals surface area contributed by atoms with Crippen LogP contribution in [0.25, 0.3) is 16.7 Å². The predicted molar refractivity (Wildman–Crippen MR) is 105 cm³/mol. The van der Waals surface area contributed by atoms with E-state index in [2.05, 4.69) is 17.1 Å². The number of methoxy groups -OCH3 is 2. The average molecular weight is 375 g/mol. The largest absolute Gasteiger partial charge is 0.436 e. The molecule has 6 rings (SSSR count). The number of allylic oxidation sites excluding steroid dienone is 1. The summed E-state index contributed by atoms with van der Waals surface area (Å²) in [5.74, 6) is -1.36. The zero-order valence-electron chi connectivity index (χ0n) is 15.8. The molecule has 3 aliphatic rings. The number of para-hydroxylation sites is 2. The van der Waals surface area contributed by atoms with Gasteiger partial charge in [-0.15, -0.1) is 0 Å². The topological polar surface area (TPSA) is 61.6 Å². The molecule has 0 unspecified atom stereocenters. The first-order valence-electron chi connectivity index (χ1n) is 9.45. The minimum Gasteiger partial charge on any atom is -0.436 e. The fourth-order valence-electron chi connectivity index (χ4n) is 4.80. The van der Waals surface area contributed by atoms with Gasteiger partial charge in [-0.1, -0.05) is 48.5 Å². The Kier molecular flexibility index (Phi) is 3.96. The molecule has 3 aliphatic carbocycles. The van der Waals surface area contributed by atoms with Crippen molar-refractivity contribution < 1.29 is 18.7 Å². The lowest BCUT2D eigenvalue weighted by Gasteiger charge is -2.50. The maximum atomic E-state index is 13.4. The molecule has 3 atom stereocenters. The normalized spacial score (nSPS) is 25.9. The molecule has 1 saturated carbocycles. The first-order chi connectivity index (χ1) is 13.7. The molecule has 1 fully saturated rings. The van der Waals surface area contributed by atoms with E-state index >= 15 is 0 Å². The van der Waals surface area contributed by atoms with E-state index in [1.807, 2.05) is 48.5 Å². The number of nitrogens with zero attached hydrogens (tertiary/aromatic N) is 1. The van der Waals surface area contributed by atoms with E-state index in [0.717, 1.165) is 28.7 Å². The fraction of sp³-hybridized carbons (Fsp3) is 0.304. The second kappa shape index (κ2) is 6.40. The average Bonchev–Trinajstić information content (AvgIpc) is 3.19. The Morgan fingerprint density at radius 1 is 1.04 bits per heavy atom. The van der Waals surface area contributed by atoms with Crippen LogP contribution >= 0.6 is 0 Å². The number of fused-ring (bicyclic) bond motifs is 3. The molecule has 0 aliphatic heterocycles. The quantitative estimate of drug-likeness (QED) is 0.640. The Labute approximate surface area is 163 Å². The van der Waals surface area contributed by atoms with E-state index in [1.165, 1.54) is 14.2 Å². The molecule has 2 aromatic carbocycles. The van der Waals surface area contributed by atoms with Crippen molar-refractivity contribution in [2.24, 2.45) is 11.8 Å². The van der Waals surface area contributed by atoms with Crippen LogP contribution in [0.15, 0.2) is 65.1 Å². The van der Waals surface area contributed by atoms with Crippen LogP contribution < -0.4 is 0 Å². The van der Waals surface area contributed by atoms with Gasteiger partial charge in [0.2, 0.25) is 11.7 Å². The van der Waals surface area contributed by atoms with Crippen molar-refractivity contribution in [2.75, 3.05) is 14.2 Å². The summed E-state index contributed by atoms with van der Waals surface area (Å²) in [6, 6.07) is 17.8. The van der Waals surface area contributed by atoms with Gasteiger partial charge in [-0.3, -0.25) is 4.79 Å². The van der Waals surface area contributed by atoms with E-state index < -0.39 is 5.79 Å².